The maximum absolute atomic E-state index is 13.5. The van der Waals surface area contributed by atoms with Crippen LogP contribution in [0.3, 0.4) is 0 Å². The van der Waals surface area contributed by atoms with Crippen molar-refractivity contribution in [2.75, 3.05) is 22.8 Å². The lowest BCUT2D eigenvalue weighted by Gasteiger charge is -2.13. The van der Waals surface area contributed by atoms with Gasteiger partial charge in [0, 0.05) is 12.1 Å². The average Bonchev–Trinajstić information content (AvgIpc) is 2.38. The molecule has 0 saturated heterocycles. The molecule has 0 spiro atoms. The summed E-state index contributed by atoms with van der Waals surface area (Å²) < 4.78 is 37.8. The van der Waals surface area contributed by atoms with Crippen LogP contribution in [0.25, 0.3) is 0 Å². The third-order valence-electron chi connectivity index (χ3n) is 2.93. The van der Waals surface area contributed by atoms with E-state index in [1.165, 1.54) is 12.1 Å². The van der Waals surface area contributed by atoms with Crippen molar-refractivity contribution < 1.29 is 17.6 Å². The van der Waals surface area contributed by atoms with Crippen LogP contribution in [0.15, 0.2) is 18.2 Å². The Kier molecular flexibility index (Phi) is 6.10. The van der Waals surface area contributed by atoms with E-state index in [9.17, 15) is 17.6 Å². The molecule has 0 heterocycles. The SMILES string of the molecule is CCC(CN)CC(=O)Nc1ccc(F)c(NS(C)(=O)=O)c1. The second-order valence-electron chi connectivity index (χ2n) is 4.83. The van der Waals surface area contributed by atoms with E-state index in [2.05, 4.69) is 10.0 Å². The topological polar surface area (TPSA) is 101 Å². The highest BCUT2D eigenvalue weighted by Crippen LogP contribution is 2.21. The minimum absolute atomic E-state index is 0.0825. The summed E-state index contributed by atoms with van der Waals surface area (Å²) in [6, 6.07) is 3.69. The minimum atomic E-state index is -3.59. The quantitative estimate of drug-likeness (QED) is 0.709. The Morgan fingerprint density at radius 1 is 1.43 bits per heavy atom. The molecule has 0 bridgehead atoms. The fourth-order valence-electron chi connectivity index (χ4n) is 1.75. The van der Waals surface area contributed by atoms with Gasteiger partial charge >= 0.3 is 0 Å². The number of halogens is 1. The number of benzene rings is 1. The fraction of sp³-hybridized carbons (Fsp3) is 0.462. The van der Waals surface area contributed by atoms with Crippen LogP contribution in [-0.4, -0.2) is 27.1 Å². The van der Waals surface area contributed by atoms with Crippen molar-refractivity contribution >= 4 is 27.3 Å². The summed E-state index contributed by atoms with van der Waals surface area (Å²) >= 11 is 0. The number of sulfonamides is 1. The van der Waals surface area contributed by atoms with Gasteiger partial charge in [0.2, 0.25) is 15.9 Å². The van der Waals surface area contributed by atoms with Gasteiger partial charge < -0.3 is 11.1 Å². The van der Waals surface area contributed by atoms with Gasteiger partial charge in [-0.15, -0.1) is 0 Å². The molecule has 0 fully saturated rings. The maximum Gasteiger partial charge on any atom is 0.229 e. The molecule has 0 saturated carbocycles. The number of rotatable bonds is 7. The Morgan fingerprint density at radius 2 is 2.10 bits per heavy atom. The van der Waals surface area contributed by atoms with Crippen LogP contribution in [-0.2, 0) is 14.8 Å². The molecule has 6 nitrogen and oxygen atoms in total. The Balaban J connectivity index is 2.81. The van der Waals surface area contributed by atoms with Gasteiger partial charge in [-0.1, -0.05) is 13.3 Å². The third-order valence-corrected chi connectivity index (χ3v) is 3.52. The molecule has 1 aromatic rings. The van der Waals surface area contributed by atoms with Crippen molar-refractivity contribution in [1.82, 2.24) is 0 Å². The fourth-order valence-corrected chi connectivity index (χ4v) is 2.31. The lowest BCUT2D eigenvalue weighted by molar-refractivity contribution is -0.117. The van der Waals surface area contributed by atoms with Crippen molar-refractivity contribution in [2.24, 2.45) is 11.7 Å². The summed E-state index contributed by atoms with van der Waals surface area (Å²) in [7, 11) is -3.59. The zero-order valence-corrected chi connectivity index (χ0v) is 12.8. The van der Waals surface area contributed by atoms with Crippen molar-refractivity contribution in [2.45, 2.75) is 19.8 Å². The number of carbonyl (C=O) groups is 1. The van der Waals surface area contributed by atoms with Gasteiger partial charge in [0.05, 0.1) is 11.9 Å². The number of carbonyl (C=O) groups excluding carboxylic acids is 1. The van der Waals surface area contributed by atoms with E-state index in [0.717, 1.165) is 18.7 Å². The van der Waals surface area contributed by atoms with Gasteiger partial charge in [-0.05, 0) is 30.7 Å². The second kappa shape index (κ2) is 7.37. The molecule has 8 heteroatoms. The van der Waals surface area contributed by atoms with E-state index in [1.807, 2.05) is 6.92 Å². The first-order valence-electron chi connectivity index (χ1n) is 6.52. The largest absolute Gasteiger partial charge is 0.330 e. The Morgan fingerprint density at radius 3 is 2.62 bits per heavy atom. The van der Waals surface area contributed by atoms with Crippen LogP contribution in [0.4, 0.5) is 15.8 Å². The molecule has 21 heavy (non-hydrogen) atoms. The van der Waals surface area contributed by atoms with Crippen molar-refractivity contribution in [3.8, 4) is 0 Å². The number of hydrogen-bond donors (Lipinski definition) is 3. The Bertz CT molecular complexity index is 601. The predicted molar refractivity (Wildman–Crippen MR) is 80.9 cm³/mol. The molecule has 0 aliphatic heterocycles. The summed E-state index contributed by atoms with van der Waals surface area (Å²) in [6.45, 7) is 2.35. The summed E-state index contributed by atoms with van der Waals surface area (Å²) in [4.78, 5) is 11.8. The van der Waals surface area contributed by atoms with E-state index >= 15 is 0 Å². The van der Waals surface area contributed by atoms with E-state index in [-0.39, 0.29) is 23.9 Å². The average molecular weight is 317 g/mol. The van der Waals surface area contributed by atoms with E-state index in [1.54, 1.807) is 0 Å². The van der Waals surface area contributed by atoms with Crippen LogP contribution >= 0.6 is 0 Å². The number of anilines is 2. The summed E-state index contributed by atoms with van der Waals surface area (Å²) in [5.41, 5.74) is 5.64. The summed E-state index contributed by atoms with van der Waals surface area (Å²) in [5, 5.41) is 2.60. The Hall–Kier alpha value is -1.67. The lowest BCUT2D eigenvalue weighted by Crippen LogP contribution is -2.21. The van der Waals surface area contributed by atoms with Crippen LogP contribution < -0.4 is 15.8 Å². The van der Waals surface area contributed by atoms with Crippen LogP contribution in [0.2, 0.25) is 0 Å². The van der Waals surface area contributed by atoms with Crippen molar-refractivity contribution in [3.05, 3.63) is 24.0 Å². The normalized spacial score (nSPS) is 12.8. The molecule has 1 amide bonds. The smallest absolute Gasteiger partial charge is 0.229 e. The number of amides is 1. The highest BCUT2D eigenvalue weighted by Gasteiger charge is 2.13. The molecule has 0 aliphatic carbocycles. The first kappa shape index (κ1) is 17.4. The molecule has 118 valence electrons. The van der Waals surface area contributed by atoms with E-state index < -0.39 is 15.8 Å². The van der Waals surface area contributed by atoms with Gasteiger partial charge in [0.15, 0.2) is 0 Å². The molecule has 0 aliphatic rings. The molecule has 1 rings (SSSR count). The molecule has 4 N–H and O–H groups in total. The van der Waals surface area contributed by atoms with Gasteiger partial charge in [0.1, 0.15) is 5.82 Å². The van der Waals surface area contributed by atoms with Crippen LogP contribution in [0.5, 0.6) is 0 Å². The predicted octanol–water partition coefficient (Wildman–Crippen LogP) is 1.51. The lowest BCUT2D eigenvalue weighted by atomic mass is 10.0. The monoisotopic (exact) mass is 317 g/mol. The van der Waals surface area contributed by atoms with Gasteiger partial charge in [0.25, 0.3) is 0 Å². The molecule has 0 aromatic heterocycles. The van der Waals surface area contributed by atoms with Crippen LogP contribution in [0.1, 0.15) is 19.8 Å². The second-order valence-corrected chi connectivity index (χ2v) is 6.58. The van der Waals surface area contributed by atoms with E-state index in [4.69, 9.17) is 5.73 Å². The van der Waals surface area contributed by atoms with Crippen molar-refractivity contribution in [1.29, 1.82) is 0 Å². The number of nitrogens with one attached hydrogen (secondary N) is 2. The van der Waals surface area contributed by atoms with Gasteiger partial charge in [-0.2, -0.15) is 0 Å². The summed E-state index contributed by atoms with van der Waals surface area (Å²) in [6.07, 6.45) is 1.97. The first-order valence-corrected chi connectivity index (χ1v) is 8.41. The minimum Gasteiger partial charge on any atom is -0.330 e. The summed E-state index contributed by atoms with van der Waals surface area (Å²) in [5.74, 6) is -0.880. The Labute approximate surface area is 124 Å². The zero-order chi connectivity index (χ0) is 16.0. The highest BCUT2D eigenvalue weighted by atomic mass is 32.2. The van der Waals surface area contributed by atoms with Crippen LogP contribution in [0, 0.1) is 11.7 Å². The number of hydrogen-bond acceptors (Lipinski definition) is 4. The molecular weight excluding hydrogens is 297 g/mol. The third kappa shape index (κ3) is 6.09. The maximum atomic E-state index is 13.5. The van der Waals surface area contributed by atoms with Gasteiger partial charge in [-0.25, -0.2) is 12.8 Å². The van der Waals surface area contributed by atoms with Crippen molar-refractivity contribution in [3.63, 3.8) is 0 Å². The van der Waals surface area contributed by atoms with Gasteiger partial charge in [-0.3, -0.25) is 9.52 Å². The number of nitrogens with two attached hydrogens (primary N) is 1. The standard InChI is InChI=1S/C13H20FN3O3S/c1-3-9(8-15)6-13(18)16-10-4-5-11(14)12(7-10)17-21(2,19)20/h4-5,7,9,17H,3,6,8,15H2,1-2H3,(H,16,18). The highest BCUT2D eigenvalue weighted by molar-refractivity contribution is 7.92. The molecular formula is C13H20FN3O3S. The molecule has 1 aromatic carbocycles. The molecule has 0 radical (unpaired) electrons. The first-order chi connectivity index (χ1) is 9.75. The zero-order valence-electron chi connectivity index (χ0n) is 12.0. The molecule has 1 atom stereocenters. The molecule has 1 unspecified atom stereocenters. The van der Waals surface area contributed by atoms with E-state index in [0.29, 0.717) is 12.2 Å².